The highest BCUT2D eigenvalue weighted by molar-refractivity contribution is 7.26. The van der Waals surface area contributed by atoms with E-state index >= 15 is 0 Å². The summed E-state index contributed by atoms with van der Waals surface area (Å²) < 4.78 is 2.62. The predicted molar refractivity (Wildman–Crippen MR) is 209 cm³/mol. The van der Waals surface area contributed by atoms with E-state index in [9.17, 15) is 0 Å². The Morgan fingerprint density at radius 1 is 0.449 bits per heavy atom. The number of nitrogens with zero attached hydrogens (tertiary/aromatic N) is 1. The van der Waals surface area contributed by atoms with Crippen LogP contribution in [0.1, 0.15) is 48.6 Å². The van der Waals surface area contributed by atoms with Crippen LogP contribution in [0.15, 0.2) is 158 Å². The van der Waals surface area contributed by atoms with Crippen LogP contribution in [0.25, 0.3) is 42.4 Å². The SMILES string of the molecule is CC1(C)c2ccccc2-c2ccc(N(c3ccc4c(c3)C(C)(c3ccccc3)c3ccccc3-4)c3cccc4c3sc3ccccc34)cc21. The van der Waals surface area contributed by atoms with Crippen molar-refractivity contribution in [2.75, 3.05) is 4.90 Å². The minimum atomic E-state index is -0.278. The number of rotatable bonds is 4. The van der Waals surface area contributed by atoms with Crippen LogP contribution >= 0.6 is 11.3 Å². The average molecular weight is 646 g/mol. The smallest absolute Gasteiger partial charge is 0.0640 e. The van der Waals surface area contributed by atoms with Crippen LogP contribution in [-0.4, -0.2) is 0 Å². The second-order valence-electron chi connectivity index (χ2n) is 14.3. The van der Waals surface area contributed by atoms with Gasteiger partial charge in [0.1, 0.15) is 0 Å². The molecule has 1 heterocycles. The highest BCUT2D eigenvalue weighted by Crippen LogP contribution is 2.55. The maximum atomic E-state index is 2.52. The van der Waals surface area contributed by atoms with Crippen molar-refractivity contribution in [3.8, 4) is 22.3 Å². The van der Waals surface area contributed by atoms with Gasteiger partial charge in [0.25, 0.3) is 0 Å². The minimum absolute atomic E-state index is 0.0946. The van der Waals surface area contributed by atoms with E-state index in [1.807, 2.05) is 11.3 Å². The lowest BCUT2D eigenvalue weighted by Gasteiger charge is -2.31. The van der Waals surface area contributed by atoms with Crippen LogP contribution in [0.4, 0.5) is 17.1 Å². The first-order valence-electron chi connectivity index (χ1n) is 17.2. The van der Waals surface area contributed by atoms with E-state index < -0.39 is 0 Å². The van der Waals surface area contributed by atoms with E-state index in [1.165, 1.54) is 87.3 Å². The number of fused-ring (bicyclic) bond motifs is 9. The summed E-state index contributed by atoms with van der Waals surface area (Å²) in [7, 11) is 0. The number of anilines is 3. The summed E-state index contributed by atoms with van der Waals surface area (Å²) in [4.78, 5) is 2.52. The number of thiophene rings is 1. The van der Waals surface area contributed by atoms with Crippen molar-refractivity contribution in [2.24, 2.45) is 0 Å². The molecule has 0 saturated carbocycles. The fraction of sp³-hybridized carbons (Fsp3) is 0.106. The van der Waals surface area contributed by atoms with Gasteiger partial charge in [0, 0.05) is 37.7 Å². The fourth-order valence-corrected chi connectivity index (χ4v) is 10.1. The van der Waals surface area contributed by atoms with Gasteiger partial charge < -0.3 is 4.90 Å². The summed E-state index contributed by atoms with van der Waals surface area (Å²) in [6.45, 7) is 7.15. The van der Waals surface area contributed by atoms with Gasteiger partial charge in [0.05, 0.1) is 10.4 Å². The average Bonchev–Trinajstić information content (AvgIpc) is 3.74. The van der Waals surface area contributed by atoms with Crippen molar-refractivity contribution in [3.63, 3.8) is 0 Å². The van der Waals surface area contributed by atoms with Gasteiger partial charge in [-0.2, -0.15) is 0 Å². The molecule has 49 heavy (non-hydrogen) atoms. The zero-order valence-electron chi connectivity index (χ0n) is 27.9. The first-order chi connectivity index (χ1) is 23.9. The molecule has 8 aromatic rings. The normalized spacial score (nSPS) is 16.7. The largest absolute Gasteiger partial charge is 0.309 e. The van der Waals surface area contributed by atoms with Gasteiger partial charge in [0.15, 0.2) is 0 Å². The van der Waals surface area contributed by atoms with Gasteiger partial charge in [-0.1, -0.05) is 135 Å². The third-order valence-electron chi connectivity index (χ3n) is 11.4. The molecule has 2 heteroatoms. The lowest BCUT2D eigenvalue weighted by molar-refractivity contribution is 0.660. The lowest BCUT2D eigenvalue weighted by atomic mass is 9.74. The third-order valence-corrected chi connectivity index (χ3v) is 12.6. The first kappa shape index (κ1) is 28.6. The molecule has 10 rings (SSSR count). The summed E-state index contributed by atoms with van der Waals surface area (Å²) in [6, 6.07) is 58.9. The molecule has 0 bridgehead atoms. The van der Waals surface area contributed by atoms with Gasteiger partial charge >= 0.3 is 0 Å². The topological polar surface area (TPSA) is 3.24 Å². The summed E-state index contributed by atoms with van der Waals surface area (Å²) in [5.74, 6) is 0. The zero-order chi connectivity index (χ0) is 32.9. The molecule has 1 unspecified atom stereocenters. The summed E-state index contributed by atoms with van der Waals surface area (Å²) >= 11 is 1.89. The van der Waals surface area contributed by atoms with Crippen LogP contribution in [0, 0.1) is 0 Å². The summed E-state index contributed by atoms with van der Waals surface area (Å²) in [5, 5.41) is 2.62. The number of hydrogen-bond acceptors (Lipinski definition) is 2. The Labute approximate surface area is 291 Å². The zero-order valence-corrected chi connectivity index (χ0v) is 28.7. The van der Waals surface area contributed by atoms with Crippen LogP contribution in [0.5, 0.6) is 0 Å². The Hall–Kier alpha value is -5.44. The van der Waals surface area contributed by atoms with Crippen molar-refractivity contribution in [1.29, 1.82) is 0 Å². The maximum absolute atomic E-state index is 2.52. The molecular weight excluding hydrogens is 611 g/mol. The van der Waals surface area contributed by atoms with Crippen LogP contribution in [-0.2, 0) is 10.8 Å². The van der Waals surface area contributed by atoms with Crippen LogP contribution < -0.4 is 4.90 Å². The van der Waals surface area contributed by atoms with Crippen molar-refractivity contribution in [3.05, 3.63) is 186 Å². The summed E-state index contributed by atoms with van der Waals surface area (Å²) in [6.07, 6.45) is 0. The number of benzene rings is 7. The second-order valence-corrected chi connectivity index (χ2v) is 15.3. The molecule has 2 aliphatic rings. The lowest BCUT2D eigenvalue weighted by Crippen LogP contribution is -2.23. The molecule has 0 spiro atoms. The van der Waals surface area contributed by atoms with Gasteiger partial charge in [0.2, 0.25) is 0 Å². The third kappa shape index (κ3) is 3.93. The molecule has 0 aliphatic heterocycles. The summed E-state index contributed by atoms with van der Waals surface area (Å²) in [5.41, 5.74) is 15.3. The van der Waals surface area contributed by atoms with Crippen LogP contribution in [0.3, 0.4) is 0 Å². The highest BCUT2D eigenvalue weighted by Gasteiger charge is 2.41. The molecule has 0 saturated heterocycles. The van der Waals surface area contributed by atoms with E-state index in [2.05, 4.69) is 183 Å². The van der Waals surface area contributed by atoms with E-state index in [0.29, 0.717) is 0 Å². The monoisotopic (exact) mass is 645 g/mol. The van der Waals surface area contributed by atoms with E-state index in [0.717, 1.165) is 0 Å². The molecule has 2 aliphatic carbocycles. The molecule has 0 fully saturated rings. The van der Waals surface area contributed by atoms with E-state index in [-0.39, 0.29) is 10.8 Å². The van der Waals surface area contributed by atoms with E-state index in [1.54, 1.807) is 0 Å². The van der Waals surface area contributed by atoms with Crippen molar-refractivity contribution in [2.45, 2.75) is 31.6 Å². The van der Waals surface area contributed by atoms with Crippen LogP contribution in [0.2, 0.25) is 0 Å². The fourth-order valence-electron chi connectivity index (χ4n) is 8.87. The molecule has 1 nitrogen and oxygen atoms in total. The van der Waals surface area contributed by atoms with Gasteiger partial charge in [-0.05, 0) is 93.4 Å². The maximum Gasteiger partial charge on any atom is 0.0640 e. The molecule has 0 amide bonds. The Morgan fingerprint density at radius 2 is 1.02 bits per heavy atom. The molecule has 234 valence electrons. The molecule has 0 radical (unpaired) electrons. The number of hydrogen-bond donors (Lipinski definition) is 0. The van der Waals surface area contributed by atoms with Gasteiger partial charge in [-0.25, -0.2) is 0 Å². The second kappa shape index (κ2) is 10.3. The van der Waals surface area contributed by atoms with Crippen molar-refractivity contribution >= 4 is 48.6 Å². The first-order valence-corrected chi connectivity index (χ1v) is 18.0. The highest BCUT2D eigenvalue weighted by atomic mass is 32.1. The molecule has 1 aromatic heterocycles. The van der Waals surface area contributed by atoms with Crippen molar-refractivity contribution < 1.29 is 0 Å². The van der Waals surface area contributed by atoms with E-state index in [4.69, 9.17) is 0 Å². The Kier molecular flexibility index (Phi) is 5.99. The quantitative estimate of drug-likeness (QED) is 0.184. The Morgan fingerprint density at radius 3 is 1.80 bits per heavy atom. The molecule has 0 N–H and O–H groups in total. The van der Waals surface area contributed by atoms with Crippen molar-refractivity contribution in [1.82, 2.24) is 0 Å². The minimum Gasteiger partial charge on any atom is -0.309 e. The molecular formula is C47H35NS. The Balaban J connectivity index is 1.24. The van der Waals surface area contributed by atoms with Gasteiger partial charge in [-0.3, -0.25) is 0 Å². The molecule has 7 aromatic carbocycles. The van der Waals surface area contributed by atoms with Gasteiger partial charge in [-0.15, -0.1) is 11.3 Å². The predicted octanol–water partition coefficient (Wildman–Crippen LogP) is 13.2. The standard InChI is InChI=1S/C47H35NS/c1-46(2)39-20-10-7-16-33(39)35-26-24-31(28-41(35)46)48(43-22-13-19-38-37-18-9-12-23-44(37)49-45(38)43)32-25-27-36-34-17-8-11-21-40(34)47(3,42(36)29-32)30-14-5-4-6-15-30/h4-29H,1-3H3. The Bertz CT molecular complexity index is 2610. The molecule has 1 atom stereocenters.